The predicted molar refractivity (Wildman–Crippen MR) is 109 cm³/mol. The van der Waals surface area contributed by atoms with Crippen molar-refractivity contribution in [3.8, 4) is 11.5 Å². The number of nitrogens with zero attached hydrogens (tertiary/aromatic N) is 1. The van der Waals surface area contributed by atoms with E-state index in [0.717, 1.165) is 10.5 Å². The molecule has 8 nitrogen and oxygen atoms in total. The SMILES string of the molecule is Cc1ccc2c(c1)C(=O)N(CCCC(=O)OCC(=O)c1ccc3c(c1)OCCO3)C2=O. The van der Waals surface area contributed by atoms with Crippen LogP contribution in [0.5, 0.6) is 11.5 Å². The first kappa shape index (κ1) is 20.6. The highest BCUT2D eigenvalue weighted by atomic mass is 16.6. The van der Waals surface area contributed by atoms with E-state index in [1.165, 1.54) is 0 Å². The number of imide groups is 1. The number of carbonyl (C=O) groups is 4. The molecule has 0 fully saturated rings. The van der Waals surface area contributed by atoms with E-state index in [9.17, 15) is 19.2 Å². The quantitative estimate of drug-likeness (QED) is 0.383. The second kappa shape index (κ2) is 8.59. The second-order valence-corrected chi connectivity index (χ2v) is 7.36. The summed E-state index contributed by atoms with van der Waals surface area (Å²) < 4.78 is 15.9. The van der Waals surface area contributed by atoms with Crippen molar-refractivity contribution < 1.29 is 33.4 Å². The lowest BCUT2D eigenvalue weighted by molar-refractivity contribution is -0.142. The van der Waals surface area contributed by atoms with Crippen LogP contribution in [0.3, 0.4) is 0 Å². The van der Waals surface area contributed by atoms with Gasteiger partial charge in [0.25, 0.3) is 11.8 Å². The number of benzene rings is 2. The van der Waals surface area contributed by atoms with Crippen molar-refractivity contribution in [2.45, 2.75) is 19.8 Å². The third kappa shape index (κ3) is 4.28. The van der Waals surface area contributed by atoms with Gasteiger partial charge in [-0.25, -0.2) is 0 Å². The van der Waals surface area contributed by atoms with Gasteiger partial charge in [0, 0.05) is 18.5 Å². The minimum Gasteiger partial charge on any atom is -0.486 e. The van der Waals surface area contributed by atoms with Gasteiger partial charge in [0.1, 0.15) is 13.2 Å². The number of amides is 2. The van der Waals surface area contributed by atoms with E-state index >= 15 is 0 Å². The minimum atomic E-state index is -0.571. The van der Waals surface area contributed by atoms with Crippen LogP contribution in [0.1, 0.15) is 49.5 Å². The van der Waals surface area contributed by atoms with Crippen molar-refractivity contribution in [2.24, 2.45) is 0 Å². The summed E-state index contributed by atoms with van der Waals surface area (Å²) in [6, 6.07) is 9.91. The predicted octanol–water partition coefficient (Wildman–Crippen LogP) is 2.57. The molecule has 0 aliphatic carbocycles. The Balaban J connectivity index is 1.24. The summed E-state index contributed by atoms with van der Waals surface area (Å²) in [5, 5.41) is 0. The Morgan fingerprint density at radius 2 is 1.71 bits per heavy atom. The van der Waals surface area contributed by atoms with Gasteiger partial charge in [-0.15, -0.1) is 0 Å². The Morgan fingerprint density at radius 3 is 2.52 bits per heavy atom. The molecule has 0 saturated heterocycles. The molecule has 2 aliphatic rings. The summed E-state index contributed by atoms with van der Waals surface area (Å²) in [7, 11) is 0. The smallest absolute Gasteiger partial charge is 0.306 e. The lowest BCUT2D eigenvalue weighted by Gasteiger charge is -2.18. The molecule has 31 heavy (non-hydrogen) atoms. The highest BCUT2D eigenvalue weighted by Crippen LogP contribution is 2.31. The van der Waals surface area contributed by atoms with Crippen LogP contribution in [0, 0.1) is 6.92 Å². The van der Waals surface area contributed by atoms with Crippen molar-refractivity contribution in [3.05, 3.63) is 58.7 Å². The van der Waals surface area contributed by atoms with E-state index in [4.69, 9.17) is 14.2 Å². The molecule has 2 heterocycles. The molecule has 2 aromatic carbocycles. The highest BCUT2D eigenvalue weighted by molar-refractivity contribution is 6.21. The largest absolute Gasteiger partial charge is 0.486 e. The third-order valence-corrected chi connectivity index (χ3v) is 5.12. The molecule has 160 valence electrons. The van der Waals surface area contributed by atoms with Gasteiger partial charge >= 0.3 is 5.97 Å². The number of hydrogen-bond acceptors (Lipinski definition) is 7. The second-order valence-electron chi connectivity index (χ2n) is 7.36. The molecule has 2 aromatic rings. The normalized spacial score (nSPS) is 14.4. The van der Waals surface area contributed by atoms with Gasteiger partial charge in [-0.1, -0.05) is 11.6 Å². The number of ether oxygens (including phenoxy) is 3. The maximum absolute atomic E-state index is 12.4. The molecule has 4 rings (SSSR count). The summed E-state index contributed by atoms with van der Waals surface area (Å²) >= 11 is 0. The molecule has 0 bridgehead atoms. The zero-order chi connectivity index (χ0) is 22.0. The molecule has 2 amide bonds. The van der Waals surface area contributed by atoms with Crippen LogP contribution in [-0.4, -0.2) is 54.8 Å². The van der Waals surface area contributed by atoms with Gasteiger partial charge in [-0.2, -0.15) is 0 Å². The van der Waals surface area contributed by atoms with E-state index in [0.29, 0.717) is 41.4 Å². The van der Waals surface area contributed by atoms with Crippen molar-refractivity contribution >= 4 is 23.6 Å². The van der Waals surface area contributed by atoms with Crippen LogP contribution >= 0.6 is 0 Å². The van der Waals surface area contributed by atoms with E-state index < -0.39 is 12.6 Å². The molecule has 8 heteroatoms. The zero-order valence-corrected chi connectivity index (χ0v) is 17.0. The van der Waals surface area contributed by atoms with Gasteiger partial charge in [0.05, 0.1) is 11.1 Å². The Morgan fingerprint density at radius 1 is 0.968 bits per heavy atom. The first-order valence-electron chi connectivity index (χ1n) is 9.99. The van der Waals surface area contributed by atoms with Crippen LogP contribution in [-0.2, 0) is 9.53 Å². The van der Waals surface area contributed by atoms with Gasteiger partial charge in [0.2, 0.25) is 0 Å². The monoisotopic (exact) mass is 423 g/mol. The summed E-state index contributed by atoms with van der Waals surface area (Å²) in [5.74, 6) is -0.588. The first-order chi connectivity index (χ1) is 14.9. The van der Waals surface area contributed by atoms with Crippen LogP contribution in [0.2, 0.25) is 0 Å². The number of ketones is 1. The Labute approximate surface area is 178 Å². The zero-order valence-electron chi connectivity index (χ0n) is 17.0. The summed E-state index contributed by atoms with van der Waals surface area (Å²) in [4.78, 5) is 50.3. The van der Waals surface area contributed by atoms with Gasteiger partial charge < -0.3 is 14.2 Å². The molecular weight excluding hydrogens is 402 g/mol. The minimum absolute atomic E-state index is 0.0130. The lowest BCUT2D eigenvalue weighted by atomic mass is 10.1. The molecule has 0 saturated carbocycles. The maximum atomic E-state index is 12.4. The molecule has 2 aliphatic heterocycles. The highest BCUT2D eigenvalue weighted by Gasteiger charge is 2.35. The average molecular weight is 423 g/mol. The molecule has 0 aromatic heterocycles. The van der Waals surface area contributed by atoms with E-state index in [-0.39, 0.29) is 37.0 Å². The topological polar surface area (TPSA) is 99.2 Å². The Kier molecular flexibility index (Phi) is 5.70. The van der Waals surface area contributed by atoms with Crippen molar-refractivity contribution in [2.75, 3.05) is 26.4 Å². The van der Waals surface area contributed by atoms with E-state index in [1.807, 2.05) is 6.92 Å². The van der Waals surface area contributed by atoms with Gasteiger partial charge in [-0.3, -0.25) is 24.1 Å². The molecule has 0 N–H and O–H groups in total. The Bertz CT molecular complexity index is 1080. The summed E-state index contributed by atoms with van der Waals surface area (Å²) in [6.45, 7) is 2.43. The number of carbonyl (C=O) groups excluding carboxylic acids is 4. The van der Waals surface area contributed by atoms with Crippen molar-refractivity contribution in [1.29, 1.82) is 0 Å². The van der Waals surface area contributed by atoms with Crippen molar-refractivity contribution in [3.63, 3.8) is 0 Å². The van der Waals surface area contributed by atoms with Crippen LogP contribution < -0.4 is 9.47 Å². The van der Waals surface area contributed by atoms with Crippen LogP contribution in [0.15, 0.2) is 36.4 Å². The average Bonchev–Trinajstić information content (AvgIpc) is 3.01. The molecule has 0 unspecified atom stereocenters. The number of fused-ring (bicyclic) bond motifs is 2. The van der Waals surface area contributed by atoms with E-state index in [1.54, 1.807) is 36.4 Å². The fraction of sp³-hybridized carbons (Fsp3) is 0.304. The Hall–Kier alpha value is -3.68. The van der Waals surface area contributed by atoms with E-state index in [2.05, 4.69) is 0 Å². The number of aryl methyl sites for hydroxylation is 1. The maximum Gasteiger partial charge on any atom is 0.306 e. The molecular formula is C23H21NO7. The van der Waals surface area contributed by atoms with Crippen molar-refractivity contribution in [1.82, 2.24) is 4.90 Å². The summed E-state index contributed by atoms with van der Waals surface area (Å²) in [5.41, 5.74) is 2.02. The first-order valence-corrected chi connectivity index (χ1v) is 9.99. The number of rotatable bonds is 7. The number of esters is 1. The molecule has 0 atom stereocenters. The van der Waals surface area contributed by atoms with Gasteiger partial charge in [0.15, 0.2) is 23.9 Å². The fourth-order valence-corrected chi connectivity index (χ4v) is 3.51. The van der Waals surface area contributed by atoms with Gasteiger partial charge in [-0.05, 0) is 43.7 Å². The lowest BCUT2D eigenvalue weighted by Crippen LogP contribution is -2.31. The number of Topliss-reactive ketones (excluding diaryl/α,β-unsaturated/α-hetero) is 1. The van der Waals surface area contributed by atoms with Crippen LogP contribution in [0.25, 0.3) is 0 Å². The molecule has 0 radical (unpaired) electrons. The standard InChI is InChI=1S/C23H21NO7/c1-14-4-6-16-17(11-14)23(28)24(22(16)27)8-2-3-21(26)31-13-18(25)15-5-7-19-20(12-15)30-10-9-29-19/h4-7,11-12H,2-3,8-10,13H2,1H3. The van der Waals surface area contributed by atoms with Crippen LogP contribution in [0.4, 0.5) is 0 Å². The third-order valence-electron chi connectivity index (χ3n) is 5.12. The number of hydrogen-bond donors (Lipinski definition) is 0. The summed E-state index contributed by atoms with van der Waals surface area (Å²) in [6.07, 6.45) is 0.238. The fourth-order valence-electron chi connectivity index (χ4n) is 3.51. The molecule has 0 spiro atoms.